The van der Waals surface area contributed by atoms with Gasteiger partial charge in [0.1, 0.15) is 12.6 Å². The number of methoxy groups -OCH3 is 3. The number of hydrogen-bond donors (Lipinski definition) is 0. The minimum atomic E-state index is -0.508. The van der Waals surface area contributed by atoms with Gasteiger partial charge in [0, 0.05) is 20.0 Å². The molecule has 0 radical (unpaired) electrons. The van der Waals surface area contributed by atoms with Crippen LogP contribution in [0.2, 0.25) is 0 Å². The molecule has 2 aromatic carbocycles. The summed E-state index contributed by atoms with van der Waals surface area (Å²) in [5, 5.41) is 0. The van der Waals surface area contributed by atoms with Gasteiger partial charge in [-0.3, -0.25) is 9.59 Å². The lowest BCUT2D eigenvalue weighted by atomic mass is 9.98. The van der Waals surface area contributed by atoms with Crippen molar-refractivity contribution in [1.29, 1.82) is 0 Å². The van der Waals surface area contributed by atoms with Crippen molar-refractivity contribution in [2.45, 2.75) is 45.1 Å². The number of amides is 2. The van der Waals surface area contributed by atoms with Crippen LogP contribution in [0.1, 0.15) is 38.2 Å². The summed E-state index contributed by atoms with van der Waals surface area (Å²) < 4.78 is 16.4. The Morgan fingerprint density at radius 3 is 2.17 bits per heavy atom. The van der Waals surface area contributed by atoms with Crippen molar-refractivity contribution in [2.24, 2.45) is 0 Å². The van der Waals surface area contributed by atoms with Crippen molar-refractivity contribution in [1.82, 2.24) is 9.80 Å². The second kappa shape index (κ2) is 13.0. The number of rotatable bonds is 12. The zero-order chi connectivity index (χ0) is 26.1. The highest BCUT2D eigenvalue weighted by Crippen LogP contribution is 2.41. The van der Waals surface area contributed by atoms with Crippen molar-refractivity contribution < 1.29 is 23.8 Å². The first-order chi connectivity index (χ1) is 17.4. The summed E-state index contributed by atoms with van der Waals surface area (Å²) in [7, 11) is 6.48. The Morgan fingerprint density at radius 2 is 1.58 bits per heavy atom. The molecule has 1 saturated heterocycles. The lowest BCUT2D eigenvalue weighted by Gasteiger charge is -2.38. The van der Waals surface area contributed by atoms with Crippen LogP contribution < -0.4 is 14.2 Å². The van der Waals surface area contributed by atoms with E-state index in [4.69, 9.17) is 14.2 Å². The molecule has 1 atom stereocenters. The molecule has 0 bridgehead atoms. The second-order valence-electron chi connectivity index (χ2n) is 9.02. The third-order valence-electron chi connectivity index (χ3n) is 6.63. The molecule has 1 aliphatic heterocycles. The fourth-order valence-corrected chi connectivity index (χ4v) is 4.42. The van der Waals surface area contributed by atoms with Gasteiger partial charge < -0.3 is 24.0 Å². The van der Waals surface area contributed by atoms with Crippen LogP contribution in [0, 0.1) is 0 Å². The molecule has 1 fully saturated rings. The molecule has 0 unspecified atom stereocenters. The van der Waals surface area contributed by atoms with Gasteiger partial charge in [-0.2, -0.15) is 0 Å². The Bertz CT molecular complexity index is 1040. The number of allylic oxidation sites excluding steroid dienone is 1. The van der Waals surface area contributed by atoms with E-state index in [9.17, 15) is 9.59 Å². The summed E-state index contributed by atoms with van der Waals surface area (Å²) in [5.74, 6) is 1.67. The SMILES string of the molecule is CCCCC/C=C/CN1CC(=O)N(C)[C@@H](Cc2ccc(-c3cc(OC)c(OC)c(OC)c3)cc2)C1=O. The van der Waals surface area contributed by atoms with Crippen LogP contribution in [0.3, 0.4) is 0 Å². The number of likely N-dealkylation sites (N-methyl/N-ethyl adjacent to an activating group) is 1. The number of ether oxygens (including phenoxy) is 3. The summed E-state index contributed by atoms with van der Waals surface area (Å²) in [4.78, 5) is 29.1. The van der Waals surface area contributed by atoms with E-state index in [0.717, 1.165) is 29.5 Å². The third-order valence-corrected chi connectivity index (χ3v) is 6.63. The molecular weight excluding hydrogens is 456 g/mol. The number of piperazine rings is 1. The first kappa shape index (κ1) is 27.1. The van der Waals surface area contributed by atoms with Crippen LogP contribution in [0.5, 0.6) is 17.2 Å². The van der Waals surface area contributed by atoms with E-state index in [2.05, 4.69) is 13.0 Å². The Balaban J connectivity index is 1.72. The number of benzene rings is 2. The molecule has 0 saturated carbocycles. The molecule has 194 valence electrons. The van der Waals surface area contributed by atoms with Crippen molar-refractivity contribution in [3.8, 4) is 28.4 Å². The molecule has 2 amide bonds. The molecule has 3 rings (SSSR count). The zero-order valence-corrected chi connectivity index (χ0v) is 22.1. The zero-order valence-electron chi connectivity index (χ0n) is 22.1. The third kappa shape index (κ3) is 6.39. The normalized spacial score (nSPS) is 16.1. The van der Waals surface area contributed by atoms with E-state index in [1.807, 2.05) is 42.5 Å². The van der Waals surface area contributed by atoms with Crippen molar-refractivity contribution in [3.63, 3.8) is 0 Å². The molecule has 0 aromatic heterocycles. The van der Waals surface area contributed by atoms with Crippen LogP contribution in [0.25, 0.3) is 11.1 Å². The summed E-state index contributed by atoms with van der Waals surface area (Å²) in [6.07, 6.45) is 9.13. The van der Waals surface area contributed by atoms with Gasteiger partial charge in [0.05, 0.1) is 21.3 Å². The smallest absolute Gasteiger partial charge is 0.246 e. The monoisotopic (exact) mass is 494 g/mol. The number of carbonyl (C=O) groups excluding carboxylic acids is 2. The Labute approximate surface area is 214 Å². The lowest BCUT2D eigenvalue weighted by molar-refractivity contribution is -0.153. The predicted octanol–water partition coefficient (Wildman–Crippen LogP) is 4.73. The van der Waals surface area contributed by atoms with Gasteiger partial charge in [-0.15, -0.1) is 0 Å². The largest absolute Gasteiger partial charge is 0.493 e. The molecule has 7 heteroatoms. The highest BCUT2D eigenvalue weighted by molar-refractivity contribution is 5.95. The maximum atomic E-state index is 13.2. The Morgan fingerprint density at radius 1 is 0.917 bits per heavy atom. The molecule has 2 aromatic rings. The average Bonchev–Trinajstić information content (AvgIpc) is 2.90. The number of nitrogens with zero attached hydrogens (tertiary/aromatic N) is 2. The van der Waals surface area contributed by atoms with Crippen LogP contribution in [0.4, 0.5) is 0 Å². The molecule has 1 aliphatic rings. The highest BCUT2D eigenvalue weighted by atomic mass is 16.5. The highest BCUT2D eigenvalue weighted by Gasteiger charge is 2.36. The maximum absolute atomic E-state index is 13.2. The van der Waals surface area contributed by atoms with Gasteiger partial charge >= 0.3 is 0 Å². The van der Waals surface area contributed by atoms with Gasteiger partial charge in [0.15, 0.2) is 11.5 Å². The molecule has 0 spiro atoms. The van der Waals surface area contributed by atoms with Gasteiger partial charge in [-0.1, -0.05) is 56.2 Å². The molecule has 1 heterocycles. The second-order valence-corrected chi connectivity index (χ2v) is 9.02. The fraction of sp³-hybridized carbons (Fsp3) is 0.448. The number of unbranched alkanes of at least 4 members (excludes halogenated alkanes) is 3. The minimum absolute atomic E-state index is 0.0102. The van der Waals surface area contributed by atoms with Gasteiger partial charge in [-0.25, -0.2) is 0 Å². The van der Waals surface area contributed by atoms with E-state index in [1.54, 1.807) is 38.2 Å². The topological polar surface area (TPSA) is 68.3 Å². The summed E-state index contributed by atoms with van der Waals surface area (Å²) in [5.41, 5.74) is 2.89. The Hall–Kier alpha value is -3.48. The van der Waals surface area contributed by atoms with E-state index < -0.39 is 6.04 Å². The van der Waals surface area contributed by atoms with Gasteiger partial charge in [-0.05, 0) is 41.7 Å². The van der Waals surface area contributed by atoms with E-state index >= 15 is 0 Å². The lowest BCUT2D eigenvalue weighted by Crippen LogP contribution is -2.59. The first-order valence-corrected chi connectivity index (χ1v) is 12.5. The minimum Gasteiger partial charge on any atom is -0.493 e. The van der Waals surface area contributed by atoms with Gasteiger partial charge in [0.25, 0.3) is 0 Å². The van der Waals surface area contributed by atoms with Gasteiger partial charge in [0.2, 0.25) is 17.6 Å². The van der Waals surface area contributed by atoms with E-state index in [0.29, 0.717) is 30.2 Å². The van der Waals surface area contributed by atoms with Crippen molar-refractivity contribution in [2.75, 3.05) is 41.5 Å². The standard InChI is InChI=1S/C29H38N2O5/c1-6-7-8-9-10-11-16-31-20-27(32)30(2)24(29(31)33)17-21-12-14-22(15-13-21)23-18-25(34-3)28(36-5)26(19-23)35-4/h10-15,18-19,24H,6-9,16-17,20H2,1-5H3/b11-10+/t24-/m0/s1. The van der Waals surface area contributed by atoms with Crippen LogP contribution in [0.15, 0.2) is 48.6 Å². The van der Waals surface area contributed by atoms with E-state index in [1.165, 1.54) is 12.8 Å². The van der Waals surface area contributed by atoms with Crippen molar-refractivity contribution in [3.05, 3.63) is 54.1 Å². The maximum Gasteiger partial charge on any atom is 0.246 e. The molecule has 7 nitrogen and oxygen atoms in total. The first-order valence-electron chi connectivity index (χ1n) is 12.5. The molecule has 0 aliphatic carbocycles. The number of hydrogen-bond acceptors (Lipinski definition) is 5. The van der Waals surface area contributed by atoms with Crippen molar-refractivity contribution >= 4 is 11.8 Å². The molecule has 0 N–H and O–H groups in total. The summed E-state index contributed by atoms with van der Waals surface area (Å²) in [6.45, 7) is 2.78. The number of carbonyl (C=O) groups is 2. The van der Waals surface area contributed by atoms with Crippen LogP contribution in [-0.4, -0.2) is 69.1 Å². The van der Waals surface area contributed by atoms with E-state index in [-0.39, 0.29) is 18.4 Å². The van der Waals surface area contributed by atoms with Crippen LogP contribution >= 0.6 is 0 Å². The predicted molar refractivity (Wildman–Crippen MR) is 142 cm³/mol. The molecular formula is C29H38N2O5. The fourth-order valence-electron chi connectivity index (χ4n) is 4.42. The summed E-state index contributed by atoms with van der Waals surface area (Å²) >= 11 is 0. The Kier molecular flexibility index (Phi) is 9.79. The average molecular weight is 495 g/mol. The molecule has 36 heavy (non-hydrogen) atoms. The summed E-state index contributed by atoms with van der Waals surface area (Å²) in [6, 6.07) is 11.3. The quantitative estimate of drug-likeness (QED) is 0.315. The van der Waals surface area contributed by atoms with Crippen LogP contribution in [-0.2, 0) is 16.0 Å².